The quantitative estimate of drug-likeness (QED) is 0.781. The smallest absolute Gasteiger partial charge is 0.244 e. The molecule has 0 radical (unpaired) electrons. The van der Waals surface area contributed by atoms with Crippen LogP contribution in [0.5, 0.6) is 5.75 Å². The summed E-state index contributed by atoms with van der Waals surface area (Å²) < 4.78 is 5.13. The third-order valence-electron chi connectivity index (χ3n) is 3.74. The number of carbonyl (C=O) groups is 1. The lowest BCUT2D eigenvalue weighted by atomic mass is 9.97. The lowest BCUT2D eigenvalue weighted by Crippen LogP contribution is -2.50. The van der Waals surface area contributed by atoms with Gasteiger partial charge in [0.1, 0.15) is 5.75 Å². The van der Waals surface area contributed by atoms with Crippen LogP contribution in [0.15, 0.2) is 30.3 Å². The van der Waals surface area contributed by atoms with E-state index in [0.717, 1.165) is 24.2 Å². The normalized spacial score (nSPS) is 17.8. The number of methoxy groups -OCH3 is 1. The average Bonchev–Trinajstić information content (AvgIpc) is 3.30. The molecule has 20 heavy (non-hydrogen) atoms. The number of ether oxygens (including phenoxy) is 1. The van der Waals surface area contributed by atoms with Gasteiger partial charge in [-0.15, -0.1) is 0 Å². The zero-order chi connectivity index (χ0) is 14.6. The van der Waals surface area contributed by atoms with Crippen LogP contribution in [0, 0.1) is 5.92 Å². The van der Waals surface area contributed by atoms with Crippen LogP contribution in [0.1, 0.15) is 25.3 Å². The minimum atomic E-state index is -0.504. The lowest BCUT2D eigenvalue weighted by Gasteiger charge is -2.28. The molecule has 0 aliphatic heterocycles. The van der Waals surface area contributed by atoms with E-state index in [-0.39, 0.29) is 12.5 Å². The first kappa shape index (κ1) is 14.6. The number of carbonyl (C=O) groups excluding carboxylic acids is 1. The first-order valence-corrected chi connectivity index (χ1v) is 6.82. The Morgan fingerprint density at radius 3 is 2.90 bits per heavy atom. The molecule has 1 fully saturated rings. The predicted octanol–water partition coefficient (Wildman–Crippen LogP) is 1.99. The fourth-order valence-electron chi connectivity index (χ4n) is 2.23. The Bertz CT molecular complexity index is 508. The van der Waals surface area contributed by atoms with Gasteiger partial charge in [0.25, 0.3) is 0 Å². The van der Waals surface area contributed by atoms with Gasteiger partial charge in [-0.05, 0) is 49.5 Å². The highest BCUT2D eigenvalue weighted by atomic mass is 16.5. The number of amides is 1. The third-order valence-corrected chi connectivity index (χ3v) is 3.74. The summed E-state index contributed by atoms with van der Waals surface area (Å²) in [6.07, 6.45) is 5.36. The van der Waals surface area contributed by atoms with Crippen LogP contribution < -0.4 is 10.1 Å². The standard InChI is InChI=1S/C16H21NO3/c1-16(11-18,13-7-8-13)17-15(19)9-6-12-4-3-5-14(10-12)20-2/h3-6,9-10,13,18H,7-8,11H2,1-2H3,(H,17,19)/b9-6+. The molecule has 108 valence electrons. The van der Waals surface area contributed by atoms with Gasteiger partial charge in [-0.25, -0.2) is 0 Å². The van der Waals surface area contributed by atoms with E-state index in [4.69, 9.17) is 4.74 Å². The summed E-state index contributed by atoms with van der Waals surface area (Å²) in [6, 6.07) is 7.49. The van der Waals surface area contributed by atoms with Crippen molar-refractivity contribution < 1.29 is 14.6 Å². The largest absolute Gasteiger partial charge is 0.497 e. The van der Waals surface area contributed by atoms with Gasteiger partial charge < -0.3 is 15.2 Å². The second-order valence-corrected chi connectivity index (χ2v) is 5.45. The molecule has 0 spiro atoms. The van der Waals surface area contributed by atoms with Crippen LogP contribution in [-0.4, -0.2) is 30.3 Å². The molecule has 1 unspecified atom stereocenters. The molecule has 1 saturated carbocycles. The zero-order valence-electron chi connectivity index (χ0n) is 11.9. The van der Waals surface area contributed by atoms with Crippen molar-refractivity contribution in [3.05, 3.63) is 35.9 Å². The monoisotopic (exact) mass is 275 g/mol. The molecule has 4 heteroatoms. The van der Waals surface area contributed by atoms with E-state index in [1.54, 1.807) is 13.2 Å². The molecular weight excluding hydrogens is 254 g/mol. The summed E-state index contributed by atoms with van der Waals surface area (Å²) in [4.78, 5) is 11.9. The van der Waals surface area contributed by atoms with Crippen molar-refractivity contribution in [2.45, 2.75) is 25.3 Å². The summed E-state index contributed by atoms with van der Waals surface area (Å²) in [7, 11) is 1.61. The predicted molar refractivity (Wildman–Crippen MR) is 78.4 cm³/mol. The Kier molecular flexibility index (Phi) is 4.45. The summed E-state index contributed by atoms with van der Waals surface area (Å²) in [5, 5.41) is 12.3. The molecule has 1 atom stereocenters. The highest BCUT2D eigenvalue weighted by Gasteiger charge is 2.41. The Morgan fingerprint density at radius 2 is 2.30 bits per heavy atom. The van der Waals surface area contributed by atoms with Gasteiger partial charge >= 0.3 is 0 Å². The Balaban J connectivity index is 1.98. The van der Waals surface area contributed by atoms with Crippen LogP contribution in [-0.2, 0) is 4.79 Å². The van der Waals surface area contributed by atoms with Gasteiger partial charge in [0.15, 0.2) is 0 Å². The van der Waals surface area contributed by atoms with Gasteiger partial charge in [0, 0.05) is 6.08 Å². The van der Waals surface area contributed by atoms with E-state index in [0.29, 0.717) is 5.92 Å². The van der Waals surface area contributed by atoms with E-state index >= 15 is 0 Å². The second kappa shape index (κ2) is 6.09. The van der Waals surface area contributed by atoms with Crippen LogP contribution in [0.3, 0.4) is 0 Å². The molecule has 2 rings (SSSR count). The number of aliphatic hydroxyl groups is 1. The van der Waals surface area contributed by atoms with Crippen molar-refractivity contribution in [3.63, 3.8) is 0 Å². The number of benzene rings is 1. The van der Waals surface area contributed by atoms with Crippen LogP contribution in [0.4, 0.5) is 0 Å². The molecule has 0 saturated heterocycles. The Hall–Kier alpha value is -1.81. The zero-order valence-corrected chi connectivity index (χ0v) is 11.9. The maximum atomic E-state index is 11.9. The molecule has 1 amide bonds. The van der Waals surface area contributed by atoms with Crippen LogP contribution in [0.2, 0.25) is 0 Å². The molecule has 1 aromatic carbocycles. The van der Waals surface area contributed by atoms with E-state index in [1.165, 1.54) is 6.08 Å². The van der Waals surface area contributed by atoms with Gasteiger partial charge in [0.05, 0.1) is 19.3 Å². The van der Waals surface area contributed by atoms with Crippen molar-refractivity contribution in [1.82, 2.24) is 5.32 Å². The number of nitrogens with one attached hydrogen (secondary N) is 1. The molecule has 4 nitrogen and oxygen atoms in total. The minimum Gasteiger partial charge on any atom is -0.497 e. The van der Waals surface area contributed by atoms with Gasteiger partial charge in [-0.2, -0.15) is 0 Å². The molecule has 0 bridgehead atoms. The molecule has 2 N–H and O–H groups in total. The topological polar surface area (TPSA) is 58.6 Å². The SMILES string of the molecule is COc1cccc(/C=C/C(=O)NC(C)(CO)C2CC2)c1. The molecule has 0 heterocycles. The first-order chi connectivity index (χ1) is 9.57. The highest BCUT2D eigenvalue weighted by Crippen LogP contribution is 2.39. The lowest BCUT2D eigenvalue weighted by molar-refractivity contribution is -0.119. The van der Waals surface area contributed by atoms with Crippen molar-refractivity contribution in [2.75, 3.05) is 13.7 Å². The van der Waals surface area contributed by atoms with Gasteiger partial charge in [-0.3, -0.25) is 4.79 Å². The maximum Gasteiger partial charge on any atom is 0.244 e. The maximum absolute atomic E-state index is 11.9. The minimum absolute atomic E-state index is 0.0313. The van der Waals surface area contributed by atoms with Crippen LogP contribution in [0.25, 0.3) is 6.08 Å². The van der Waals surface area contributed by atoms with E-state index in [9.17, 15) is 9.90 Å². The second-order valence-electron chi connectivity index (χ2n) is 5.45. The Labute approximate surface area is 119 Å². The average molecular weight is 275 g/mol. The van der Waals surface area contributed by atoms with Crippen LogP contribution >= 0.6 is 0 Å². The van der Waals surface area contributed by atoms with E-state index < -0.39 is 5.54 Å². The summed E-state index contributed by atoms with van der Waals surface area (Å²) in [5.74, 6) is 0.962. The summed E-state index contributed by atoms with van der Waals surface area (Å²) in [5.41, 5.74) is 0.395. The number of rotatable bonds is 6. The molecule has 1 aliphatic carbocycles. The molecular formula is C16H21NO3. The number of hydrogen-bond donors (Lipinski definition) is 2. The van der Waals surface area contributed by atoms with Crippen molar-refractivity contribution in [3.8, 4) is 5.75 Å². The van der Waals surface area contributed by atoms with Crippen molar-refractivity contribution in [1.29, 1.82) is 0 Å². The van der Waals surface area contributed by atoms with Gasteiger partial charge in [-0.1, -0.05) is 12.1 Å². The summed E-state index contributed by atoms with van der Waals surface area (Å²) in [6.45, 7) is 1.86. The molecule has 1 aromatic rings. The fraction of sp³-hybridized carbons (Fsp3) is 0.438. The van der Waals surface area contributed by atoms with Crippen molar-refractivity contribution in [2.24, 2.45) is 5.92 Å². The number of hydrogen-bond acceptors (Lipinski definition) is 3. The highest BCUT2D eigenvalue weighted by molar-refractivity contribution is 5.92. The summed E-state index contributed by atoms with van der Waals surface area (Å²) >= 11 is 0. The Morgan fingerprint density at radius 1 is 1.55 bits per heavy atom. The van der Waals surface area contributed by atoms with E-state index in [2.05, 4.69) is 5.32 Å². The molecule has 0 aromatic heterocycles. The number of aliphatic hydroxyl groups excluding tert-OH is 1. The van der Waals surface area contributed by atoms with Crippen molar-refractivity contribution >= 4 is 12.0 Å². The molecule has 1 aliphatic rings. The third kappa shape index (κ3) is 3.61. The first-order valence-electron chi connectivity index (χ1n) is 6.82. The van der Waals surface area contributed by atoms with E-state index in [1.807, 2.05) is 31.2 Å². The fourth-order valence-corrected chi connectivity index (χ4v) is 2.23. The van der Waals surface area contributed by atoms with Gasteiger partial charge in [0.2, 0.25) is 5.91 Å².